The van der Waals surface area contributed by atoms with Crippen LogP contribution in [0.5, 0.6) is 0 Å². The first-order chi connectivity index (χ1) is 6.02. The third-order valence-corrected chi connectivity index (χ3v) is 3.74. The highest BCUT2D eigenvalue weighted by atomic mass is 15.2. The molecule has 1 aliphatic heterocycles. The van der Waals surface area contributed by atoms with Gasteiger partial charge in [0.25, 0.3) is 0 Å². The van der Waals surface area contributed by atoms with Crippen molar-refractivity contribution in [3.63, 3.8) is 0 Å². The van der Waals surface area contributed by atoms with Crippen LogP contribution in [0.15, 0.2) is 0 Å². The highest BCUT2D eigenvalue weighted by molar-refractivity contribution is 4.82. The van der Waals surface area contributed by atoms with E-state index in [9.17, 15) is 0 Å². The van der Waals surface area contributed by atoms with Crippen molar-refractivity contribution in [1.82, 2.24) is 4.90 Å². The summed E-state index contributed by atoms with van der Waals surface area (Å²) in [6, 6.07) is 0.767. The van der Waals surface area contributed by atoms with Crippen LogP contribution in [0.3, 0.4) is 0 Å². The average Bonchev–Trinajstić information content (AvgIpc) is 2.50. The summed E-state index contributed by atoms with van der Waals surface area (Å²) in [5.41, 5.74) is 0. The van der Waals surface area contributed by atoms with Gasteiger partial charge in [0.15, 0.2) is 0 Å². The third kappa shape index (κ3) is 2.70. The molecule has 0 saturated carbocycles. The van der Waals surface area contributed by atoms with Crippen molar-refractivity contribution in [2.75, 3.05) is 13.1 Å². The van der Waals surface area contributed by atoms with E-state index in [-0.39, 0.29) is 0 Å². The molecular formula is C12H25N. The van der Waals surface area contributed by atoms with Gasteiger partial charge < -0.3 is 4.90 Å². The Morgan fingerprint density at radius 1 is 1.08 bits per heavy atom. The molecule has 1 rings (SSSR count). The molecule has 78 valence electrons. The Morgan fingerprint density at radius 2 is 1.69 bits per heavy atom. The first-order valence-corrected chi connectivity index (χ1v) is 5.76. The number of hydrogen-bond acceptors (Lipinski definition) is 1. The number of hydrogen-bond donors (Lipinski definition) is 0. The maximum atomic E-state index is 2.66. The molecule has 0 aromatic rings. The van der Waals surface area contributed by atoms with Crippen molar-refractivity contribution in [2.45, 2.75) is 47.1 Å². The van der Waals surface area contributed by atoms with Crippen LogP contribution in [-0.2, 0) is 0 Å². The topological polar surface area (TPSA) is 3.24 Å². The van der Waals surface area contributed by atoms with Gasteiger partial charge in [-0.2, -0.15) is 0 Å². The van der Waals surface area contributed by atoms with Gasteiger partial charge >= 0.3 is 0 Å². The number of rotatable bonds is 3. The van der Waals surface area contributed by atoms with Gasteiger partial charge in [-0.3, -0.25) is 0 Å². The van der Waals surface area contributed by atoms with E-state index in [1.165, 1.54) is 19.5 Å². The Kier molecular flexibility index (Phi) is 3.78. The van der Waals surface area contributed by atoms with Gasteiger partial charge in [-0.1, -0.05) is 27.7 Å². The molecule has 0 spiro atoms. The highest BCUT2D eigenvalue weighted by Gasteiger charge is 2.28. The standard InChI is InChI=1S/C12H25N/c1-9(2)11(5)13-7-6-12(8-13)10(3)4/h9-12H,6-8H2,1-5H3. The van der Waals surface area contributed by atoms with Crippen molar-refractivity contribution in [2.24, 2.45) is 17.8 Å². The molecule has 0 bridgehead atoms. The zero-order chi connectivity index (χ0) is 10.0. The predicted octanol–water partition coefficient (Wildman–Crippen LogP) is 3.01. The van der Waals surface area contributed by atoms with Crippen LogP contribution in [0.25, 0.3) is 0 Å². The molecule has 0 amide bonds. The van der Waals surface area contributed by atoms with Gasteiger partial charge in [0.1, 0.15) is 0 Å². The van der Waals surface area contributed by atoms with Gasteiger partial charge in [0.2, 0.25) is 0 Å². The minimum atomic E-state index is 0.767. The van der Waals surface area contributed by atoms with E-state index in [0.717, 1.165) is 23.8 Å². The molecule has 2 unspecified atom stereocenters. The monoisotopic (exact) mass is 183 g/mol. The average molecular weight is 183 g/mol. The van der Waals surface area contributed by atoms with Gasteiger partial charge in [0, 0.05) is 12.6 Å². The smallest absolute Gasteiger partial charge is 0.00900 e. The summed E-state index contributed by atoms with van der Waals surface area (Å²) in [7, 11) is 0. The minimum absolute atomic E-state index is 0.767. The Hall–Kier alpha value is -0.0400. The zero-order valence-corrected chi connectivity index (χ0v) is 9.88. The molecule has 0 N–H and O–H groups in total. The van der Waals surface area contributed by atoms with Crippen LogP contribution in [0.1, 0.15) is 41.0 Å². The van der Waals surface area contributed by atoms with E-state index < -0.39 is 0 Å². The van der Waals surface area contributed by atoms with E-state index in [2.05, 4.69) is 39.5 Å². The second-order valence-electron chi connectivity index (χ2n) is 5.27. The summed E-state index contributed by atoms with van der Waals surface area (Å²) in [6.45, 7) is 14.4. The maximum Gasteiger partial charge on any atom is 0.00900 e. The van der Waals surface area contributed by atoms with Crippen LogP contribution >= 0.6 is 0 Å². The van der Waals surface area contributed by atoms with Crippen molar-refractivity contribution in [3.05, 3.63) is 0 Å². The molecule has 2 atom stereocenters. The molecule has 1 heterocycles. The number of nitrogens with zero attached hydrogens (tertiary/aromatic N) is 1. The van der Waals surface area contributed by atoms with Crippen LogP contribution in [0.4, 0.5) is 0 Å². The highest BCUT2D eigenvalue weighted by Crippen LogP contribution is 2.26. The largest absolute Gasteiger partial charge is 0.300 e. The molecule has 0 aliphatic carbocycles. The fourth-order valence-electron chi connectivity index (χ4n) is 2.15. The lowest BCUT2D eigenvalue weighted by Crippen LogP contribution is -2.35. The second kappa shape index (κ2) is 4.45. The molecule has 0 radical (unpaired) electrons. The van der Waals surface area contributed by atoms with Crippen molar-refractivity contribution >= 4 is 0 Å². The summed E-state index contributed by atoms with van der Waals surface area (Å²) in [4.78, 5) is 2.66. The summed E-state index contributed by atoms with van der Waals surface area (Å²) in [6.07, 6.45) is 1.41. The van der Waals surface area contributed by atoms with Crippen LogP contribution < -0.4 is 0 Å². The van der Waals surface area contributed by atoms with Crippen LogP contribution in [-0.4, -0.2) is 24.0 Å². The molecule has 1 saturated heterocycles. The molecule has 0 aromatic carbocycles. The fraction of sp³-hybridized carbons (Fsp3) is 1.00. The summed E-state index contributed by atoms with van der Waals surface area (Å²) in [5, 5.41) is 0. The lowest BCUT2D eigenvalue weighted by molar-refractivity contribution is 0.195. The van der Waals surface area contributed by atoms with Crippen molar-refractivity contribution in [1.29, 1.82) is 0 Å². The molecule has 1 fully saturated rings. The molecule has 0 aromatic heterocycles. The lowest BCUT2D eigenvalue weighted by Gasteiger charge is -2.28. The normalized spacial score (nSPS) is 27.5. The van der Waals surface area contributed by atoms with E-state index in [1.54, 1.807) is 0 Å². The summed E-state index contributed by atoms with van der Waals surface area (Å²) < 4.78 is 0. The van der Waals surface area contributed by atoms with Crippen molar-refractivity contribution < 1.29 is 0 Å². The summed E-state index contributed by atoms with van der Waals surface area (Å²) in [5.74, 6) is 2.61. The Morgan fingerprint density at radius 3 is 2.08 bits per heavy atom. The summed E-state index contributed by atoms with van der Waals surface area (Å²) >= 11 is 0. The van der Waals surface area contributed by atoms with Gasteiger partial charge in [0.05, 0.1) is 0 Å². The Labute approximate surface area is 83.5 Å². The van der Waals surface area contributed by atoms with Gasteiger partial charge in [-0.15, -0.1) is 0 Å². The zero-order valence-electron chi connectivity index (χ0n) is 9.88. The first kappa shape index (κ1) is 11.0. The predicted molar refractivity (Wildman–Crippen MR) is 58.8 cm³/mol. The molecular weight excluding hydrogens is 158 g/mol. The molecule has 1 heteroatoms. The van der Waals surface area contributed by atoms with Crippen LogP contribution in [0.2, 0.25) is 0 Å². The molecule has 13 heavy (non-hydrogen) atoms. The fourth-order valence-corrected chi connectivity index (χ4v) is 2.15. The number of likely N-dealkylation sites (tertiary alicyclic amines) is 1. The Bertz CT molecular complexity index is 151. The van der Waals surface area contributed by atoms with E-state index in [0.29, 0.717) is 0 Å². The van der Waals surface area contributed by atoms with Gasteiger partial charge in [-0.05, 0) is 37.6 Å². The maximum absolute atomic E-state index is 2.66. The SMILES string of the molecule is CC(C)C1CCN(C(C)C(C)C)C1. The van der Waals surface area contributed by atoms with Crippen LogP contribution in [0, 0.1) is 17.8 Å². The van der Waals surface area contributed by atoms with E-state index in [1.807, 2.05) is 0 Å². The van der Waals surface area contributed by atoms with E-state index in [4.69, 9.17) is 0 Å². The quantitative estimate of drug-likeness (QED) is 0.650. The lowest BCUT2D eigenvalue weighted by atomic mass is 9.95. The molecule has 1 aliphatic rings. The Balaban J connectivity index is 2.40. The second-order valence-corrected chi connectivity index (χ2v) is 5.27. The van der Waals surface area contributed by atoms with Crippen molar-refractivity contribution in [3.8, 4) is 0 Å². The van der Waals surface area contributed by atoms with Gasteiger partial charge in [-0.25, -0.2) is 0 Å². The third-order valence-electron chi connectivity index (χ3n) is 3.74. The van der Waals surface area contributed by atoms with E-state index >= 15 is 0 Å². The molecule has 1 nitrogen and oxygen atoms in total. The first-order valence-electron chi connectivity index (χ1n) is 5.76. The minimum Gasteiger partial charge on any atom is -0.300 e.